The maximum absolute atomic E-state index is 13.4. The number of ether oxygens (including phenoxy) is 2. The normalized spacial score (nSPS) is 16.6. The number of para-hydroxylation sites is 1. The van der Waals surface area contributed by atoms with Crippen molar-refractivity contribution in [3.05, 3.63) is 95.6 Å². The van der Waals surface area contributed by atoms with E-state index in [0.29, 0.717) is 47.9 Å². The number of hydrogen-bond donors (Lipinski definition) is 1. The Balaban J connectivity index is 1.74. The van der Waals surface area contributed by atoms with Gasteiger partial charge >= 0.3 is 0 Å². The van der Waals surface area contributed by atoms with E-state index in [0.717, 1.165) is 19.4 Å². The van der Waals surface area contributed by atoms with Gasteiger partial charge in [-0.05, 0) is 75.4 Å². The van der Waals surface area contributed by atoms with E-state index < -0.39 is 17.7 Å². The van der Waals surface area contributed by atoms with Crippen molar-refractivity contribution >= 4 is 17.4 Å². The number of hydrogen-bond acceptors (Lipinski definition) is 6. The zero-order chi connectivity index (χ0) is 27.8. The first-order valence-electron chi connectivity index (χ1n) is 13.4. The zero-order valence-corrected chi connectivity index (χ0v) is 22.8. The van der Waals surface area contributed by atoms with Gasteiger partial charge in [-0.1, -0.05) is 55.8 Å². The predicted molar refractivity (Wildman–Crippen MR) is 152 cm³/mol. The summed E-state index contributed by atoms with van der Waals surface area (Å²) in [6.07, 6.45) is 2.59. The summed E-state index contributed by atoms with van der Waals surface area (Å²) in [4.78, 5) is 30.3. The first kappa shape index (κ1) is 27.9. The van der Waals surface area contributed by atoms with Crippen molar-refractivity contribution in [3.63, 3.8) is 0 Å². The van der Waals surface area contributed by atoms with E-state index in [9.17, 15) is 14.7 Å². The van der Waals surface area contributed by atoms with Gasteiger partial charge < -0.3 is 24.4 Å². The van der Waals surface area contributed by atoms with Crippen LogP contribution in [-0.4, -0.2) is 60.4 Å². The van der Waals surface area contributed by atoms with Crippen molar-refractivity contribution < 1.29 is 24.2 Å². The topological polar surface area (TPSA) is 79.3 Å². The summed E-state index contributed by atoms with van der Waals surface area (Å²) in [6, 6.07) is 23.0. The van der Waals surface area contributed by atoms with Crippen LogP contribution in [0.15, 0.2) is 84.4 Å². The molecular formula is C32H36N2O5. The van der Waals surface area contributed by atoms with Gasteiger partial charge in [0.25, 0.3) is 11.7 Å². The van der Waals surface area contributed by atoms with E-state index in [1.54, 1.807) is 23.1 Å². The summed E-state index contributed by atoms with van der Waals surface area (Å²) in [7, 11) is 3.93. The summed E-state index contributed by atoms with van der Waals surface area (Å²) in [5.41, 5.74) is 1.17. The second-order valence-corrected chi connectivity index (χ2v) is 9.87. The van der Waals surface area contributed by atoms with Gasteiger partial charge in [0.1, 0.15) is 23.0 Å². The first-order chi connectivity index (χ1) is 18.9. The van der Waals surface area contributed by atoms with Crippen LogP contribution >= 0.6 is 0 Å². The van der Waals surface area contributed by atoms with Crippen molar-refractivity contribution in [3.8, 4) is 17.2 Å². The summed E-state index contributed by atoms with van der Waals surface area (Å²) in [6.45, 7) is 3.77. The van der Waals surface area contributed by atoms with Crippen molar-refractivity contribution in [2.75, 3.05) is 33.8 Å². The van der Waals surface area contributed by atoms with Gasteiger partial charge in [-0.25, -0.2) is 0 Å². The SMILES string of the molecule is CCCCOc1cccc(C(O)=C2C(=O)C(=O)N(CCCN(C)C)C2c2cccc(Oc3ccccc3)c2)c1. The average Bonchev–Trinajstić information content (AvgIpc) is 3.18. The molecule has 7 nitrogen and oxygen atoms in total. The zero-order valence-electron chi connectivity index (χ0n) is 22.8. The number of likely N-dealkylation sites (tertiary alicyclic amines) is 1. The molecule has 1 amide bonds. The molecule has 3 aromatic carbocycles. The molecule has 7 heteroatoms. The molecule has 0 spiro atoms. The van der Waals surface area contributed by atoms with E-state index in [1.807, 2.05) is 79.7 Å². The Morgan fingerprint density at radius 2 is 1.62 bits per heavy atom. The quantitative estimate of drug-likeness (QED) is 0.134. The number of carbonyl (C=O) groups is 2. The number of Topliss-reactive ketones (excluding diaryl/α,β-unsaturated/α-hetero) is 1. The lowest BCUT2D eigenvalue weighted by Crippen LogP contribution is -2.32. The van der Waals surface area contributed by atoms with Gasteiger partial charge in [-0.3, -0.25) is 9.59 Å². The molecule has 0 aromatic heterocycles. The number of carbonyl (C=O) groups excluding carboxylic acids is 2. The molecule has 1 aliphatic heterocycles. The number of aliphatic hydroxyl groups excluding tert-OH is 1. The molecule has 204 valence electrons. The van der Waals surface area contributed by atoms with Crippen LogP contribution in [0.4, 0.5) is 0 Å². The highest BCUT2D eigenvalue weighted by molar-refractivity contribution is 6.46. The molecule has 4 rings (SSSR count). The number of nitrogens with zero attached hydrogens (tertiary/aromatic N) is 2. The standard InChI is InChI=1S/C32H36N2O5/c1-4-5-20-38-26-16-10-13-24(22-26)30(35)28-29(34(32(37)31(28)36)19-11-18-33(2)3)23-12-9-17-27(21-23)39-25-14-7-6-8-15-25/h6-10,12-17,21-22,29,35H,4-5,11,18-20H2,1-3H3. The van der Waals surface area contributed by atoms with E-state index in [4.69, 9.17) is 9.47 Å². The van der Waals surface area contributed by atoms with Crippen molar-refractivity contribution in [1.82, 2.24) is 9.80 Å². The number of rotatable bonds is 12. The number of ketones is 1. The van der Waals surface area contributed by atoms with Crippen LogP contribution < -0.4 is 9.47 Å². The second kappa shape index (κ2) is 13.1. The maximum atomic E-state index is 13.4. The molecule has 1 N–H and O–H groups in total. The lowest BCUT2D eigenvalue weighted by molar-refractivity contribution is -0.139. The van der Waals surface area contributed by atoms with Crippen LogP contribution in [0.5, 0.6) is 17.2 Å². The number of amides is 1. The fraction of sp³-hybridized carbons (Fsp3) is 0.312. The Labute approximate surface area is 230 Å². The first-order valence-corrected chi connectivity index (χ1v) is 13.4. The van der Waals surface area contributed by atoms with E-state index in [2.05, 4.69) is 6.92 Å². The monoisotopic (exact) mass is 528 g/mol. The van der Waals surface area contributed by atoms with Crippen molar-refractivity contribution in [1.29, 1.82) is 0 Å². The predicted octanol–water partition coefficient (Wildman–Crippen LogP) is 6.03. The molecule has 39 heavy (non-hydrogen) atoms. The smallest absolute Gasteiger partial charge is 0.295 e. The summed E-state index contributed by atoms with van der Waals surface area (Å²) in [5.74, 6) is 0.309. The van der Waals surface area contributed by atoms with Gasteiger partial charge in [0.05, 0.1) is 18.2 Å². The van der Waals surface area contributed by atoms with E-state index in [-0.39, 0.29) is 11.3 Å². The fourth-order valence-electron chi connectivity index (χ4n) is 4.61. The van der Waals surface area contributed by atoms with Crippen LogP contribution in [0.3, 0.4) is 0 Å². The molecular weight excluding hydrogens is 492 g/mol. The van der Waals surface area contributed by atoms with E-state index in [1.165, 1.54) is 0 Å². The highest BCUT2D eigenvalue weighted by Crippen LogP contribution is 2.41. The number of aliphatic hydroxyl groups is 1. The summed E-state index contributed by atoms with van der Waals surface area (Å²) < 4.78 is 11.8. The minimum Gasteiger partial charge on any atom is -0.507 e. The molecule has 1 fully saturated rings. The molecule has 0 radical (unpaired) electrons. The van der Waals surface area contributed by atoms with E-state index >= 15 is 0 Å². The van der Waals surface area contributed by atoms with Gasteiger partial charge in [0, 0.05) is 12.1 Å². The molecule has 3 aromatic rings. The molecule has 1 aliphatic rings. The average molecular weight is 529 g/mol. The summed E-state index contributed by atoms with van der Waals surface area (Å²) >= 11 is 0. The molecule has 0 bridgehead atoms. The highest BCUT2D eigenvalue weighted by atomic mass is 16.5. The lowest BCUT2D eigenvalue weighted by atomic mass is 9.95. The lowest BCUT2D eigenvalue weighted by Gasteiger charge is -2.26. The highest BCUT2D eigenvalue weighted by Gasteiger charge is 2.46. The molecule has 1 atom stereocenters. The number of unbranched alkanes of at least 4 members (excludes halogenated alkanes) is 1. The Bertz CT molecular complexity index is 1320. The van der Waals surface area contributed by atoms with Crippen LogP contribution in [0.1, 0.15) is 43.4 Å². The van der Waals surface area contributed by atoms with Crippen LogP contribution in [0.2, 0.25) is 0 Å². The Morgan fingerprint density at radius 1 is 0.897 bits per heavy atom. The van der Waals surface area contributed by atoms with Crippen LogP contribution in [-0.2, 0) is 9.59 Å². The molecule has 1 saturated heterocycles. The molecule has 0 saturated carbocycles. The van der Waals surface area contributed by atoms with Gasteiger partial charge in [0.2, 0.25) is 0 Å². The van der Waals surface area contributed by atoms with Gasteiger partial charge in [-0.15, -0.1) is 0 Å². The minimum absolute atomic E-state index is 0.0624. The Kier molecular flexibility index (Phi) is 9.39. The molecule has 1 heterocycles. The number of benzene rings is 3. The largest absolute Gasteiger partial charge is 0.507 e. The minimum atomic E-state index is -0.754. The second-order valence-electron chi connectivity index (χ2n) is 9.87. The summed E-state index contributed by atoms with van der Waals surface area (Å²) in [5, 5.41) is 11.5. The Morgan fingerprint density at radius 3 is 2.36 bits per heavy atom. The third-order valence-corrected chi connectivity index (χ3v) is 6.57. The van der Waals surface area contributed by atoms with Crippen molar-refractivity contribution in [2.45, 2.75) is 32.2 Å². The molecule has 1 unspecified atom stereocenters. The van der Waals surface area contributed by atoms with Crippen LogP contribution in [0, 0.1) is 0 Å². The van der Waals surface area contributed by atoms with Crippen molar-refractivity contribution in [2.24, 2.45) is 0 Å². The van der Waals surface area contributed by atoms with Gasteiger partial charge in [0.15, 0.2) is 0 Å². The third-order valence-electron chi connectivity index (χ3n) is 6.57. The molecule has 0 aliphatic carbocycles. The van der Waals surface area contributed by atoms with Gasteiger partial charge in [-0.2, -0.15) is 0 Å². The third kappa shape index (κ3) is 6.86. The van der Waals surface area contributed by atoms with Crippen LogP contribution in [0.25, 0.3) is 5.76 Å². The fourth-order valence-corrected chi connectivity index (χ4v) is 4.61. The Hall–Kier alpha value is -4.10. The maximum Gasteiger partial charge on any atom is 0.295 e.